The number of aromatic hydroxyl groups is 1. The first-order valence-corrected chi connectivity index (χ1v) is 11.0. The van der Waals surface area contributed by atoms with Gasteiger partial charge in [-0.3, -0.25) is 4.79 Å². The van der Waals surface area contributed by atoms with Crippen molar-refractivity contribution in [3.8, 4) is 5.75 Å². The molecule has 0 aliphatic rings. The summed E-state index contributed by atoms with van der Waals surface area (Å²) < 4.78 is 4.83. The molecule has 29 heavy (non-hydrogen) atoms. The number of phenolic OH excluding ortho intramolecular Hbond substituents is 1. The maximum absolute atomic E-state index is 9.65. The molecule has 0 atom stereocenters. The molecule has 5 heteroatoms. The van der Waals surface area contributed by atoms with Gasteiger partial charge in [0, 0.05) is 20.1 Å². The third-order valence-electron chi connectivity index (χ3n) is 4.20. The Morgan fingerprint density at radius 3 is 1.62 bits per heavy atom. The molecule has 0 fully saturated rings. The van der Waals surface area contributed by atoms with Crippen LogP contribution in [0.5, 0.6) is 5.75 Å². The van der Waals surface area contributed by atoms with Crippen molar-refractivity contribution in [3.63, 3.8) is 0 Å². The molecule has 5 nitrogen and oxygen atoms in total. The molecular formula is C24H47NO4. The number of para-hydroxylation sites is 1. The fourth-order valence-electron chi connectivity index (χ4n) is 2.73. The Kier molecular flexibility index (Phi) is 29.2. The summed E-state index contributed by atoms with van der Waals surface area (Å²) in [6, 6.07) is 7.71. The minimum atomic E-state index is -0.833. The van der Waals surface area contributed by atoms with E-state index in [9.17, 15) is 5.11 Å². The summed E-state index contributed by atoms with van der Waals surface area (Å²) in [5.74, 6) is -0.376. The minimum Gasteiger partial charge on any atom is -0.508 e. The molecule has 0 aliphatic heterocycles. The third kappa shape index (κ3) is 28.7. The summed E-state index contributed by atoms with van der Waals surface area (Å²) >= 11 is 0. The lowest BCUT2D eigenvalue weighted by atomic mass is 10.0. The summed E-state index contributed by atoms with van der Waals surface area (Å²) in [6.45, 7) is 9.02. The van der Waals surface area contributed by atoms with E-state index in [1.807, 2.05) is 32.0 Å². The van der Waals surface area contributed by atoms with Crippen molar-refractivity contribution in [2.45, 2.75) is 98.3 Å². The van der Waals surface area contributed by atoms with E-state index in [0.29, 0.717) is 5.75 Å². The Morgan fingerprint density at radius 2 is 1.24 bits per heavy atom. The van der Waals surface area contributed by atoms with E-state index in [1.165, 1.54) is 64.2 Å². The van der Waals surface area contributed by atoms with Crippen LogP contribution in [0.15, 0.2) is 24.3 Å². The van der Waals surface area contributed by atoms with Crippen molar-refractivity contribution >= 4 is 5.97 Å². The molecule has 0 amide bonds. The van der Waals surface area contributed by atoms with Crippen LogP contribution in [-0.4, -0.2) is 29.4 Å². The van der Waals surface area contributed by atoms with Crippen LogP contribution < -0.4 is 6.15 Å². The number of aryl methyl sites for hydroxylation is 1. The Morgan fingerprint density at radius 1 is 0.828 bits per heavy atom. The predicted octanol–water partition coefficient (Wildman–Crippen LogP) is 7.15. The molecular weight excluding hydrogens is 366 g/mol. The zero-order valence-electron chi connectivity index (χ0n) is 19.4. The van der Waals surface area contributed by atoms with Crippen LogP contribution in [0.1, 0.15) is 97.5 Å². The third-order valence-corrected chi connectivity index (χ3v) is 4.20. The van der Waals surface area contributed by atoms with E-state index >= 15 is 0 Å². The maximum atomic E-state index is 9.65. The minimum absolute atomic E-state index is 0. The number of aliphatic carboxylic acids is 1. The van der Waals surface area contributed by atoms with E-state index in [-0.39, 0.29) is 6.15 Å². The highest BCUT2D eigenvalue weighted by atomic mass is 16.5. The number of carboxylic acid groups (broad SMARTS) is 1. The van der Waals surface area contributed by atoms with Gasteiger partial charge in [-0.25, -0.2) is 0 Å². The molecule has 172 valence electrons. The van der Waals surface area contributed by atoms with Gasteiger partial charge in [-0.05, 0) is 38.3 Å². The lowest BCUT2D eigenvalue weighted by Crippen LogP contribution is -1.87. The number of carbonyl (C=O) groups is 1. The average molecular weight is 414 g/mol. The zero-order valence-corrected chi connectivity index (χ0v) is 19.4. The second-order valence-electron chi connectivity index (χ2n) is 6.86. The quantitative estimate of drug-likeness (QED) is 0.298. The van der Waals surface area contributed by atoms with Gasteiger partial charge in [0.15, 0.2) is 0 Å². The van der Waals surface area contributed by atoms with Crippen molar-refractivity contribution in [1.82, 2.24) is 6.15 Å². The van der Waals surface area contributed by atoms with Crippen LogP contribution in [0.4, 0.5) is 0 Å². The van der Waals surface area contributed by atoms with E-state index < -0.39 is 5.97 Å². The highest BCUT2D eigenvalue weighted by molar-refractivity contribution is 5.62. The van der Waals surface area contributed by atoms with Gasteiger partial charge in [0.25, 0.3) is 5.97 Å². The van der Waals surface area contributed by atoms with Gasteiger partial charge in [-0.2, -0.15) is 0 Å². The topological polar surface area (TPSA) is 102 Å². The number of hydrogen-bond acceptors (Lipinski definition) is 4. The highest BCUT2D eigenvalue weighted by Crippen LogP contribution is 2.19. The Labute approximate surface area is 179 Å². The predicted molar refractivity (Wildman–Crippen MR) is 124 cm³/mol. The second-order valence-corrected chi connectivity index (χ2v) is 6.86. The molecule has 0 saturated heterocycles. The largest absolute Gasteiger partial charge is 0.508 e. The number of unbranched alkanes of at least 4 members (excludes halogenated alkanes) is 9. The van der Waals surface area contributed by atoms with Gasteiger partial charge in [0.2, 0.25) is 0 Å². The molecule has 0 unspecified atom stereocenters. The monoisotopic (exact) mass is 413 g/mol. The molecule has 0 aliphatic carbocycles. The molecule has 0 radical (unpaired) electrons. The van der Waals surface area contributed by atoms with E-state index in [0.717, 1.165) is 32.1 Å². The van der Waals surface area contributed by atoms with Gasteiger partial charge in [-0.1, -0.05) is 82.9 Å². The second kappa shape index (κ2) is 26.4. The first kappa shape index (κ1) is 32.1. The molecule has 5 N–H and O–H groups in total. The van der Waals surface area contributed by atoms with Gasteiger partial charge in [0.05, 0.1) is 0 Å². The van der Waals surface area contributed by atoms with Crippen molar-refractivity contribution in [2.24, 2.45) is 0 Å². The summed E-state index contributed by atoms with van der Waals surface area (Å²) in [5, 5.41) is 17.1. The number of rotatable bonds is 13. The molecule has 0 aromatic heterocycles. The molecule has 1 aromatic carbocycles. The first-order chi connectivity index (χ1) is 13.5. The Balaban J connectivity index is -0.000000569. The molecule has 0 saturated carbocycles. The van der Waals surface area contributed by atoms with Crippen LogP contribution in [0.3, 0.4) is 0 Å². The lowest BCUT2D eigenvalue weighted by Gasteiger charge is -2.04. The van der Waals surface area contributed by atoms with E-state index in [4.69, 9.17) is 14.6 Å². The molecule has 1 rings (SSSR count). The van der Waals surface area contributed by atoms with Crippen LogP contribution >= 0.6 is 0 Å². The van der Waals surface area contributed by atoms with Gasteiger partial charge in [0.1, 0.15) is 5.75 Å². The SMILES string of the molecule is CC(=O)O.CCCCCCCCCCCCc1ccccc1O.CCOCC.N. The molecule has 0 bridgehead atoms. The van der Waals surface area contributed by atoms with Crippen LogP contribution in [0, 0.1) is 0 Å². The van der Waals surface area contributed by atoms with Crippen molar-refractivity contribution in [1.29, 1.82) is 0 Å². The Hall–Kier alpha value is -1.59. The van der Waals surface area contributed by atoms with Crippen LogP contribution in [0.2, 0.25) is 0 Å². The number of carboxylic acids is 1. The lowest BCUT2D eigenvalue weighted by molar-refractivity contribution is -0.134. The summed E-state index contributed by atoms with van der Waals surface area (Å²) in [4.78, 5) is 9.00. The molecule has 0 spiro atoms. The van der Waals surface area contributed by atoms with Crippen LogP contribution in [0.25, 0.3) is 0 Å². The standard InChI is InChI=1S/C18H30O.C4H10O.C2H4O2.H3N/c1-2-3-4-5-6-7-8-9-10-11-14-17-15-12-13-16-18(17)19;1-3-5-4-2;1-2(3)4;/h12-13,15-16,19H,2-11,14H2,1H3;3-4H2,1-2H3;1H3,(H,3,4);1H3. The number of hydrogen-bond donors (Lipinski definition) is 3. The van der Waals surface area contributed by atoms with Gasteiger partial charge < -0.3 is 21.1 Å². The Bertz CT molecular complexity index is 446. The van der Waals surface area contributed by atoms with E-state index in [2.05, 4.69) is 6.92 Å². The maximum Gasteiger partial charge on any atom is 0.300 e. The van der Waals surface area contributed by atoms with Gasteiger partial charge >= 0.3 is 0 Å². The number of ether oxygens (including phenoxy) is 1. The average Bonchev–Trinajstić information content (AvgIpc) is 2.65. The normalized spacial score (nSPS) is 9.38. The number of benzene rings is 1. The summed E-state index contributed by atoms with van der Waals surface area (Å²) in [6.07, 6.45) is 14.6. The van der Waals surface area contributed by atoms with Gasteiger partial charge in [-0.15, -0.1) is 0 Å². The summed E-state index contributed by atoms with van der Waals surface area (Å²) in [7, 11) is 0. The summed E-state index contributed by atoms with van der Waals surface area (Å²) in [5.41, 5.74) is 1.10. The smallest absolute Gasteiger partial charge is 0.300 e. The molecule has 0 heterocycles. The first-order valence-electron chi connectivity index (χ1n) is 11.0. The fourth-order valence-corrected chi connectivity index (χ4v) is 2.73. The fraction of sp³-hybridized carbons (Fsp3) is 0.708. The van der Waals surface area contributed by atoms with Crippen LogP contribution in [-0.2, 0) is 16.0 Å². The zero-order chi connectivity index (χ0) is 21.5. The van der Waals surface area contributed by atoms with Crippen molar-refractivity contribution < 1.29 is 19.7 Å². The van der Waals surface area contributed by atoms with Crippen molar-refractivity contribution in [2.75, 3.05) is 13.2 Å². The highest BCUT2D eigenvalue weighted by Gasteiger charge is 1.99. The van der Waals surface area contributed by atoms with E-state index in [1.54, 1.807) is 6.07 Å². The molecule has 1 aromatic rings. The number of phenols is 1. The van der Waals surface area contributed by atoms with Crippen molar-refractivity contribution in [3.05, 3.63) is 29.8 Å².